The first-order valence-corrected chi connectivity index (χ1v) is 10.1. The second kappa shape index (κ2) is 10.2. The quantitative estimate of drug-likeness (QED) is 0.651. The van der Waals surface area contributed by atoms with Crippen LogP contribution in [0.4, 0.5) is 10.1 Å². The summed E-state index contributed by atoms with van der Waals surface area (Å²) in [6, 6.07) is 13.0. The molecule has 1 heterocycles. The molecule has 2 aromatic rings. The van der Waals surface area contributed by atoms with Crippen molar-refractivity contribution < 1.29 is 13.9 Å². The van der Waals surface area contributed by atoms with Crippen molar-refractivity contribution in [3.05, 3.63) is 59.4 Å². The second-order valence-electron chi connectivity index (χ2n) is 7.33. The Morgan fingerprint density at radius 1 is 1.18 bits per heavy atom. The van der Waals surface area contributed by atoms with E-state index >= 15 is 0 Å². The topological polar surface area (TPSA) is 50.4 Å². The van der Waals surface area contributed by atoms with Crippen LogP contribution in [0.15, 0.2) is 42.5 Å². The molecule has 0 radical (unpaired) electrons. The van der Waals surface area contributed by atoms with Gasteiger partial charge in [0.05, 0.1) is 12.8 Å². The molecule has 0 saturated carbocycles. The number of nitrogens with one attached hydrogen (secondary N) is 2. The number of amides is 1. The number of ether oxygens (including phenoxy) is 1. The summed E-state index contributed by atoms with van der Waals surface area (Å²) >= 11 is 0. The maximum atomic E-state index is 14.1. The molecule has 0 unspecified atom stereocenters. The molecular formula is C23H29FN2O2. The van der Waals surface area contributed by atoms with Crippen molar-refractivity contribution in [2.24, 2.45) is 0 Å². The third-order valence-electron chi connectivity index (χ3n) is 5.37. The summed E-state index contributed by atoms with van der Waals surface area (Å²) < 4.78 is 19.5. The molecule has 1 fully saturated rings. The van der Waals surface area contributed by atoms with E-state index in [1.807, 2.05) is 30.3 Å². The van der Waals surface area contributed by atoms with Gasteiger partial charge in [0.15, 0.2) is 0 Å². The number of carbonyl (C=O) groups excluding carboxylic acids is 1. The summed E-state index contributed by atoms with van der Waals surface area (Å²) in [5.74, 6) is 0.795. The zero-order valence-electron chi connectivity index (χ0n) is 16.5. The number of halogens is 1. The van der Waals surface area contributed by atoms with E-state index in [4.69, 9.17) is 4.74 Å². The second-order valence-corrected chi connectivity index (χ2v) is 7.33. The summed E-state index contributed by atoms with van der Waals surface area (Å²) in [7, 11) is 1.67. The lowest BCUT2D eigenvalue weighted by atomic mass is 9.90. The maximum Gasteiger partial charge on any atom is 0.224 e. The van der Waals surface area contributed by atoms with E-state index in [0.29, 0.717) is 18.0 Å². The Hall–Kier alpha value is -2.40. The van der Waals surface area contributed by atoms with Gasteiger partial charge >= 0.3 is 0 Å². The Bertz CT molecular complexity index is 788. The number of hydrogen-bond donors (Lipinski definition) is 2. The molecule has 28 heavy (non-hydrogen) atoms. The lowest BCUT2D eigenvalue weighted by Crippen LogP contribution is -2.26. The van der Waals surface area contributed by atoms with Crippen molar-refractivity contribution in [2.45, 2.75) is 44.4 Å². The lowest BCUT2D eigenvalue weighted by molar-refractivity contribution is -0.116. The van der Waals surface area contributed by atoms with Crippen molar-refractivity contribution in [3.8, 4) is 5.75 Å². The van der Waals surface area contributed by atoms with Crippen molar-refractivity contribution in [1.82, 2.24) is 5.32 Å². The normalized spacial score (nSPS) is 14.6. The lowest BCUT2D eigenvalue weighted by Gasteiger charge is -2.23. The molecule has 1 saturated heterocycles. The van der Waals surface area contributed by atoms with Crippen LogP contribution in [-0.4, -0.2) is 26.1 Å². The van der Waals surface area contributed by atoms with Gasteiger partial charge in [0.25, 0.3) is 0 Å². The summed E-state index contributed by atoms with van der Waals surface area (Å²) in [6.07, 6.45) is 4.96. The highest BCUT2D eigenvalue weighted by Crippen LogP contribution is 2.28. The smallest absolute Gasteiger partial charge is 0.224 e. The van der Waals surface area contributed by atoms with E-state index in [9.17, 15) is 9.18 Å². The minimum atomic E-state index is -0.375. The van der Waals surface area contributed by atoms with Gasteiger partial charge in [0.1, 0.15) is 11.6 Å². The Balaban J connectivity index is 1.49. The van der Waals surface area contributed by atoms with Crippen LogP contribution in [-0.2, 0) is 11.2 Å². The molecule has 1 aliphatic heterocycles. The maximum absolute atomic E-state index is 14.1. The minimum absolute atomic E-state index is 0.138. The van der Waals surface area contributed by atoms with Crippen LogP contribution in [0, 0.1) is 5.82 Å². The van der Waals surface area contributed by atoms with Crippen LogP contribution in [0.1, 0.15) is 49.1 Å². The van der Waals surface area contributed by atoms with Crippen LogP contribution in [0.5, 0.6) is 5.75 Å². The first-order valence-electron chi connectivity index (χ1n) is 10.1. The summed E-state index contributed by atoms with van der Waals surface area (Å²) in [5.41, 5.74) is 2.55. The minimum Gasteiger partial charge on any atom is -0.496 e. The molecule has 0 bridgehead atoms. The van der Waals surface area contributed by atoms with Crippen LogP contribution in [0.3, 0.4) is 0 Å². The van der Waals surface area contributed by atoms with Gasteiger partial charge in [-0.25, -0.2) is 4.39 Å². The number of unbranched alkanes of at least 4 members (excludes halogenated alkanes) is 1. The molecule has 1 amide bonds. The highest BCUT2D eigenvalue weighted by Gasteiger charge is 2.17. The van der Waals surface area contributed by atoms with Crippen LogP contribution < -0.4 is 15.4 Å². The Labute approximate surface area is 166 Å². The highest BCUT2D eigenvalue weighted by atomic mass is 19.1. The van der Waals surface area contributed by atoms with Crippen LogP contribution in [0.2, 0.25) is 0 Å². The number of rotatable bonds is 8. The Morgan fingerprint density at radius 3 is 2.75 bits per heavy atom. The third kappa shape index (κ3) is 5.55. The fourth-order valence-electron chi connectivity index (χ4n) is 3.77. The molecule has 2 N–H and O–H groups in total. The predicted octanol–water partition coefficient (Wildman–Crippen LogP) is 4.65. The highest BCUT2D eigenvalue weighted by molar-refractivity contribution is 5.90. The molecule has 4 nitrogen and oxygen atoms in total. The number of aryl methyl sites for hydroxylation is 1. The number of methoxy groups -OCH3 is 1. The summed E-state index contributed by atoms with van der Waals surface area (Å²) in [6.45, 7) is 1.96. The molecule has 5 heteroatoms. The molecule has 0 spiro atoms. The third-order valence-corrected chi connectivity index (χ3v) is 5.37. The number of piperidine rings is 1. The van der Waals surface area contributed by atoms with Crippen LogP contribution >= 0.6 is 0 Å². The molecule has 3 rings (SSSR count). The molecule has 0 aromatic heterocycles. The van der Waals surface area contributed by atoms with Gasteiger partial charge in [-0.05, 0) is 80.4 Å². The number of anilines is 1. The molecule has 0 atom stereocenters. The van der Waals surface area contributed by atoms with E-state index in [-0.39, 0.29) is 11.7 Å². The zero-order valence-corrected chi connectivity index (χ0v) is 16.5. The van der Waals surface area contributed by atoms with Gasteiger partial charge in [-0.1, -0.05) is 24.3 Å². The van der Waals surface area contributed by atoms with Gasteiger partial charge in [-0.2, -0.15) is 0 Å². The first kappa shape index (κ1) is 20.3. The van der Waals surface area contributed by atoms with E-state index in [0.717, 1.165) is 62.1 Å². The average molecular weight is 384 g/mol. The number of para-hydroxylation sites is 1. The number of hydrogen-bond acceptors (Lipinski definition) is 3. The van der Waals surface area contributed by atoms with Crippen LogP contribution in [0.25, 0.3) is 0 Å². The SMILES string of the molecule is COc1ccccc1CCCCC(=O)Nc1cc(C2CCNCC2)ccc1F. The number of benzene rings is 2. The summed E-state index contributed by atoms with van der Waals surface area (Å²) in [4.78, 5) is 12.3. The fraction of sp³-hybridized carbons (Fsp3) is 0.435. The Kier molecular flexibility index (Phi) is 7.43. The molecule has 1 aliphatic rings. The van der Waals surface area contributed by atoms with Gasteiger partial charge < -0.3 is 15.4 Å². The molecular weight excluding hydrogens is 355 g/mol. The standard InChI is InChI=1S/C23H29FN2O2/c1-28-22-8-4-2-6-18(22)7-3-5-9-23(27)26-21-16-19(10-11-20(21)24)17-12-14-25-15-13-17/h2,4,6,8,10-11,16-17,25H,3,5,7,9,12-15H2,1H3,(H,26,27). The largest absolute Gasteiger partial charge is 0.496 e. The summed E-state index contributed by atoms with van der Waals surface area (Å²) in [5, 5.41) is 6.10. The van der Waals surface area contributed by atoms with Gasteiger partial charge in [-0.3, -0.25) is 4.79 Å². The van der Waals surface area contributed by atoms with Crippen molar-refractivity contribution in [3.63, 3.8) is 0 Å². The van der Waals surface area contributed by atoms with Crippen molar-refractivity contribution >= 4 is 11.6 Å². The Morgan fingerprint density at radius 2 is 1.96 bits per heavy atom. The predicted molar refractivity (Wildman–Crippen MR) is 110 cm³/mol. The van der Waals surface area contributed by atoms with E-state index in [2.05, 4.69) is 10.6 Å². The van der Waals surface area contributed by atoms with Gasteiger partial charge in [-0.15, -0.1) is 0 Å². The first-order chi connectivity index (χ1) is 13.7. The van der Waals surface area contributed by atoms with Crippen molar-refractivity contribution in [1.29, 1.82) is 0 Å². The zero-order chi connectivity index (χ0) is 19.8. The fourth-order valence-corrected chi connectivity index (χ4v) is 3.77. The van der Waals surface area contributed by atoms with E-state index in [1.165, 1.54) is 6.07 Å². The van der Waals surface area contributed by atoms with E-state index < -0.39 is 0 Å². The van der Waals surface area contributed by atoms with Gasteiger partial charge in [0, 0.05) is 6.42 Å². The van der Waals surface area contributed by atoms with Gasteiger partial charge in [0.2, 0.25) is 5.91 Å². The monoisotopic (exact) mass is 384 g/mol. The molecule has 2 aromatic carbocycles. The molecule has 150 valence electrons. The number of carbonyl (C=O) groups is 1. The van der Waals surface area contributed by atoms with E-state index in [1.54, 1.807) is 13.2 Å². The van der Waals surface area contributed by atoms with Crippen molar-refractivity contribution in [2.75, 3.05) is 25.5 Å². The molecule has 0 aliphatic carbocycles. The average Bonchev–Trinajstić information content (AvgIpc) is 2.73.